The van der Waals surface area contributed by atoms with Crippen LogP contribution < -0.4 is 10.1 Å². The van der Waals surface area contributed by atoms with Crippen LogP contribution >= 0.6 is 0 Å². The number of aliphatic hydroxyl groups excluding tert-OH is 1. The molecule has 0 aromatic carbocycles. The molecule has 16 heavy (non-hydrogen) atoms. The van der Waals surface area contributed by atoms with E-state index in [0.717, 1.165) is 5.69 Å². The summed E-state index contributed by atoms with van der Waals surface area (Å²) < 4.78 is 5.31. The number of hydrogen-bond donors (Lipinski definition) is 2. The number of aryl methyl sites for hydroxylation is 1. The lowest BCUT2D eigenvalue weighted by atomic mass is 10.3. The Morgan fingerprint density at radius 1 is 1.44 bits per heavy atom. The van der Waals surface area contributed by atoms with Crippen molar-refractivity contribution >= 4 is 5.95 Å². The van der Waals surface area contributed by atoms with Crippen LogP contribution in [0.1, 0.15) is 26.0 Å². The van der Waals surface area contributed by atoms with Gasteiger partial charge in [-0.2, -0.15) is 4.98 Å². The van der Waals surface area contributed by atoms with Gasteiger partial charge in [0.25, 0.3) is 0 Å². The quantitative estimate of drug-likeness (QED) is 0.765. The van der Waals surface area contributed by atoms with Gasteiger partial charge in [0, 0.05) is 18.3 Å². The number of hydrogen-bond acceptors (Lipinski definition) is 5. The summed E-state index contributed by atoms with van der Waals surface area (Å²) >= 11 is 0. The lowest BCUT2D eigenvalue weighted by molar-refractivity contribution is 0.183. The highest BCUT2D eigenvalue weighted by Crippen LogP contribution is 2.11. The third-order valence-corrected chi connectivity index (χ3v) is 2.09. The number of nitrogens with zero attached hydrogens (tertiary/aromatic N) is 2. The van der Waals surface area contributed by atoms with Crippen LogP contribution in [0.2, 0.25) is 0 Å². The number of rotatable bonds is 6. The minimum absolute atomic E-state index is 0.375. The molecule has 0 amide bonds. The maximum atomic E-state index is 9.41. The SMILES string of the molecule is CCOc1cc(C)nc(NCC(O)CC)n1. The molecule has 5 heteroatoms. The van der Waals surface area contributed by atoms with Crippen molar-refractivity contribution in [2.45, 2.75) is 33.3 Å². The highest BCUT2D eigenvalue weighted by atomic mass is 16.5. The van der Waals surface area contributed by atoms with Crippen LogP contribution in [0.4, 0.5) is 5.95 Å². The molecule has 0 aliphatic carbocycles. The molecule has 1 heterocycles. The molecule has 0 saturated carbocycles. The maximum absolute atomic E-state index is 9.41. The van der Waals surface area contributed by atoms with Gasteiger partial charge in [-0.15, -0.1) is 0 Å². The third kappa shape index (κ3) is 4.02. The highest BCUT2D eigenvalue weighted by molar-refractivity contribution is 5.30. The van der Waals surface area contributed by atoms with Crippen molar-refractivity contribution in [3.8, 4) is 5.88 Å². The molecule has 1 aromatic rings. The second-order valence-electron chi connectivity index (χ2n) is 3.55. The fraction of sp³-hybridized carbons (Fsp3) is 0.636. The Kier molecular flexibility index (Phi) is 4.98. The van der Waals surface area contributed by atoms with E-state index in [1.165, 1.54) is 0 Å². The smallest absolute Gasteiger partial charge is 0.226 e. The second kappa shape index (κ2) is 6.27. The van der Waals surface area contributed by atoms with Crippen molar-refractivity contribution in [3.05, 3.63) is 11.8 Å². The Morgan fingerprint density at radius 3 is 2.81 bits per heavy atom. The lowest BCUT2D eigenvalue weighted by Crippen LogP contribution is -2.19. The van der Waals surface area contributed by atoms with Gasteiger partial charge in [-0.25, -0.2) is 4.98 Å². The van der Waals surface area contributed by atoms with Gasteiger partial charge in [0.05, 0.1) is 12.7 Å². The van der Waals surface area contributed by atoms with Crippen molar-refractivity contribution < 1.29 is 9.84 Å². The van der Waals surface area contributed by atoms with Gasteiger partial charge in [0.2, 0.25) is 11.8 Å². The Bertz CT molecular complexity index is 331. The molecule has 1 atom stereocenters. The number of ether oxygens (including phenoxy) is 1. The third-order valence-electron chi connectivity index (χ3n) is 2.09. The van der Waals surface area contributed by atoms with E-state index in [1.54, 1.807) is 6.07 Å². The highest BCUT2D eigenvalue weighted by Gasteiger charge is 2.05. The molecule has 1 unspecified atom stereocenters. The summed E-state index contributed by atoms with van der Waals surface area (Å²) in [5, 5.41) is 12.4. The minimum Gasteiger partial charge on any atom is -0.478 e. The molecule has 0 fully saturated rings. The fourth-order valence-electron chi connectivity index (χ4n) is 1.19. The summed E-state index contributed by atoms with van der Waals surface area (Å²) in [6, 6.07) is 1.78. The summed E-state index contributed by atoms with van der Waals surface area (Å²) in [5.74, 6) is 1.06. The van der Waals surface area contributed by atoms with Crippen LogP contribution in [-0.2, 0) is 0 Å². The monoisotopic (exact) mass is 225 g/mol. The first kappa shape index (κ1) is 12.7. The lowest BCUT2D eigenvalue weighted by Gasteiger charge is -2.10. The minimum atomic E-state index is -0.375. The summed E-state index contributed by atoms with van der Waals surface area (Å²) in [7, 11) is 0. The van der Waals surface area contributed by atoms with Gasteiger partial charge in [-0.05, 0) is 20.3 Å². The first-order valence-corrected chi connectivity index (χ1v) is 5.56. The molecule has 0 aliphatic heterocycles. The summed E-state index contributed by atoms with van der Waals surface area (Å²) in [6.45, 7) is 6.74. The second-order valence-corrected chi connectivity index (χ2v) is 3.55. The maximum Gasteiger partial charge on any atom is 0.226 e. The number of nitrogens with one attached hydrogen (secondary N) is 1. The van der Waals surface area contributed by atoms with Gasteiger partial charge in [-0.1, -0.05) is 6.92 Å². The van der Waals surface area contributed by atoms with Gasteiger partial charge in [-0.3, -0.25) is 0 Å². The van der Waals surface area contributed by atoms with Gasteiger partial charge < -0.3 is 15.2 Å². The zero-order valence-corrected chi connectivity index (χ0v) is 10.0. The standard InChI is InChI=1S/C11H19N3O2/c1-4-9(15)7-12-11-13-8(3)6-10(14-11)16-5-2/h6,9,15H,4-5,7H2,1-3H3,(H,12,13,14). The van der Waals surface area contributed by atoms with Crippen molar-refractivity contribution in [2.75, 3.05) is 18.5 Å². The van der Waals surface area contributed by atoms with Crippen LogP contribution in [0, 0.1) is 6.92 Å². The molecule has 5 nitrogen and oxygen atoms in total. The molecule has 1 rings (SSSR count). The van der Waals surface area contributed by atoms with Crippen molar-refractivity contribution in [2.24, 2.45) is 0 Å². The van der Waals surface area contributed by atoms with Crippen LogP contribution in [0.5, 0.6) is 5.88 Å². The van der Waals surface area contributed by atoms with E-state index >= 15 is 0 Å². The summed E-state index contributed by atoms with van der Waals surface area (Å²) in [6.07, 6.45) is 0.330. The summed E-state index contributed by atoms with van der Waals surface area (Å²) in [4.78, 5) is 8.38. The van der Waals surface area contributed by atoms with Crippen molar-refractivity contribution in [1.29, 1.82) is 0 Å². The molecule has 90 valence electrons. The molecular formula is C11H19N3O2. The van der Waals surface area contributed by atoms with Crippen LogP contribution in [-0.4, -0.2) is 34.3 Å². The molecule has 0 radical (unpaired) electrons. The number of aliphatic hydroxyl groups is 1. The van der Waals surface area contributed by atoms with E-state index in [1.807, 2.05) is 20.8 Å². The number of anilines is 1. The van der Waals surface area contributed by atoms with Crippen molar-refractivity contribution in [1.82, 2.24) is 9.97 Å². The Labute approximate surface area is 95.9 Å². The molecule has 1 aromatic heterocycles. The Hall–Kier alpha value is -1.36. The average molecular weight is 225 g/mol. The topological polar surface area (TPSA) is 67.3 Å². The zero-order chi connectivity index (χ0) is 12.0. The molecule has 0 saturated heterocycles. The average Bonchev–Trinajstić information content (AvgIpc) is 2.25. The predicted octanol–water partition coefficient (Wildman–Crippen LogP) is 1.37. The Balaban J connectivity index is 2.64. The van der Waals surface area contributed by atoms with E-state index < -0.39 is 0 Å². The van der Waals surface area contributed by atoms with E-state index in [9.17, 15) is 5.11 Å². The van der Waals surface area contributed by atoms with E-state index in [4.69, 9.17) is 4.74 Å². The van der Waals surface area contributed by atoms with Gasteiger partial charge in [0.15, 0.2) is 0 Å². The number of aromatic nitrogens is 2. The first-order chi connectivity index (χ1) is 7.65. The Morgan fingerprint density at radius 2 is 2.19 bits per heavy atom. The van der Waals surface area contributed by atoms with Crippen LogP contribution in [0.3, 0.4) is 0 Å². The molecule has 2 N–H and O–H groups in total. The molecule has 0 aliphatic rings. The van der Waals surface area contributed by atoms with E-state index in [0.29, 0.717) is 31.4 Å². The zero-order valence-electron chi connectivity index (χ0n) is 10.0. The van der Waals surface area contributed by atoms with Crippen LogP contribution in [0.25, 0.3) is 0 Å². The predicted molar refractivity (Wildman–Crippen MR) is 62.7 cm³/mol. The molecular weight excluding hydrogens is 206 g/mol. The van der Waals surface area contributed by atoms with Crippen LogP contribution in [0.15, 0.2) is 6.07 Å². The molecule has 0 spiro atoms. The normalized spacial score (nSPS) is 12.2. The van der Waals surface area contributed by atoms with Crippen molar-refractivity contribution in [3.63, 3.8) is 0 Å². The van der Waals surface area contributed by atoms with E-state index in [2.05, 4.69) is 15.3 Å². The van der Waals surface area contributed by atoms with Gasteiger partial charge in [0.1, 0.15) is 0 Å². The first-order valence-electron chi connectivity index (χ1n) is 5.56. The fourth-order valence-corrected chi connectivity index (χ4v) is 1.19. The van der Waals surface area contributed by atoms with E-state index in [-0.39, 0.29) is 6.10 Å². The molecule has 0 bridgehead atoms. The summed E-state index contributed by atoms with van der Waals surface area (Å²) in [5.41, 5.74) is 0.840. The largest absolute Gasteiger partial charge is 0.478 e. The van der Waals surface area contributed by atoms with Gasteiger partial charge >= 0.3 is 0 Å².